The molecule has 1 spiro atoms. The fraction of sp³-hybridized carbons (Fsp3) is 0.333. The quantitative estimate of drug-likeness (QED) is 0.161. The molecule has 0 aliphatic carbocycles. The van der Waals surface area contributed by atoms with Gasteiger partial charge in [-0.25, -0.2) is 9.78 Å². The van der Waals surface area contributed by atoms with Crippen LogP contribution >= 0.6 is 0 Å². The number of nitrogen functional groups attached to an aromatic ring is 1. The van der Waals surface area contributed by atoms with E-state index in [0.717, 1.165) is 11.1 Å². The molecule has 4 heterocycles. The lowest BCUT2D eigenvalue weighted by Crippen LogP contribution is -2.43. The van der Waals surface area contributed by atoms with E-state index in [0.29, 0.717) is 85.9 Å². The van der Waals surface area contributed by atoms with Crippen molar-refractivity contribution in [3.63, 3.8) is 0 Å². The number of aromatic nitrogens is 1. The number of pyridine rings is 1. The first kappa shape index (κ1) is 33.3. The van der Waals surface area contributed by atoms with E-state index in [4.69, 9.17) is 26.0 Å². The normalized spacial score (nSPS) is 19.1. The molecular weight excluding hydrogens is 624 g/mol. The lowest BCUT2D eigenvalue weighted by molar-refractivity contribution is -0.132. The Morgan fingerprint density at radius 2 is 1.78 bits per heavy atom. The Morgan fingerprint density at radius 3 is 2.45 bits per heavy atom. The molecule has 1 atom stereocenters. The molecule has 3 aliphatic rings. The number of methoxy groups -OCH3 is 1. The molecule has 0 saturated carbocycles. The summed E-state index contributed by atoms with van der Waals surface area (Å²) >= 11 is 0. The van der Waals surface area contributed by atoms with Crippen LogP contribution in [0, 0.1) is 16.2 Å². The van der Waals surface area contributed by atoms with E-state index >= 15 is 0 Å². The van der Waals surface area contributed by atoms with E-state index in [9.17, 15) is 14.4 Å². The second-order valence-electron chi connectivity index (χ2n) is 12.5. The highest BCUT2D eigenvalue weighted by atomic mass is 16.6. The van der Waals surface area contributed by atoms with Crippen LogP contribution in [0.1, 0.15) is 41.5 Å². The molecule has 13 nitrogen and oxygen atoms in total. The minimum absolute atomic E-state index is 0.0412. The monoisotopic (exact) mass is 664 g/mol. The molecule has 1 aromatic heterocycles. The van der Waals surface area contributed by atoms with E-state index in [1.54, 1.807) is 47.5 Å². The Hall–Kier alpha value is -5.56. The van der Waals surface area contributed by atoms with E-state index in [1.165, 1.54) is 14.2 Å². The van der Waals surface area contributed by atoms with Gasteiger partial charge in [-0.2, -0.15) is 0 Å². The van der Waals surface area contributed by atoms with Crippen LogP contribution in [0.5, 0.6) is 5.88 Å². The lowest BCUT2D eigenvalue weighted by atomic mass is 9.85. The molecule has 0 radical (unpaired) electrons. The predicted octanol–water partition coefficient (Wildman–Crippen LogP) is 3.51. The van der Waals surface area contributed by atoms with Gasteiger partial charge in [0.15, 0.2) is 0 Å². The zero-order valence-electron chi connectivity index (χ0n) is 27.6. The van der Waals surface area contributed by atoms with Crippen LogP contribution in [-0.2, 0) is 14.3 Å². The summed E-state index contributed by atoms with van der Waals surface area (Å²) in [5, 5.41) is 19.0. The van der Waals surface area contributed by atoms with Crippen molar-refractivity contribution in [1.29, 1.82) is 10.8 Å². The number of carbonyl (C=O) groups is 3. The van der Waals surface area contributed by atoms with Crippen molar-refractivity contribution in [1.82, 2.24) is 20.1 Å². The van der Waals surface area contributed by atoms with Gasteiger partial charge >= 0.3 is 6.09 Å². The summed E-state index contributed by atoms with van der Waals surface area (Å²) < 4.78 is 10.0. The maximum absolute atomic E-state index is 13.9. The maximum Gasteiger partial charge on any atom is 0.413 e. The van der Waals surface area contributed by atoms with Gasteiger partial charge in [-0.1, -0.05) is 18.2 Å². The Kier molecular flexibility index (Phi) is 9.45. The highest BCUT2D eigenvalue weighted by Crippen LogP contribution is 2.43. The van der Waals surface area contributed by atoms with Crippen molar-refractivity contribution in [3.05, 3.63) is 89.1 Å². The molecular formula is C36H40N8O5. The summed E-state index contributed by atoms with van der Waals surface area (Å²) in [5.41, 5.74) is 10.8. The number of likely N-dealkylation sites (tertiary alicyclic amines) is 1. The number of anilines is 2. The van der Waals surface area contributed by atoms with E-state index in [1.807, 2.05) is 23.1 Å². The van der Waals surface area contributed by atoms with Gasteiger partial charge in [0.05, 0.1) is 24.8 Å². The second-order valence-corrected chi connectivity index (χ2v) is 12.5. The van der Waals surface area contributed by atoms with Crippen molar-refractivity contribution in [3.8, 4) is 5.88 Å². The van der Waals surface area contributed by atoms with Crippen molar-refractivity contribution in [2.75, 3.05) is 64.1 Å². The maximum atomic E-state index is 13.9. The number of carbonyl (C=O) groups excluding carboxylic acids is 3. The van der Waals surface area contributed by atoms with E-state index in [-0.39, 0.29) is 30.0 Å². The second kappa shape index (κ2) is 13.9. The average molecular weight is 665 g/mol. The van der Waals surface area contributed by atoms with E-state index in [2.05, 4.69) is 21.3 Å². The van der Waals surface area contributed by atoms with Gasteiger partial charge in [-0.3, -0.25) is 25.3 Å². The van der Waals surface area contributed by atoms with Gasteiger partial charge in [0.25, 0.3) is 0 Å². The first-order valence-corrected chi connectivity index (χ1v) is 16.2. The third-order valence-corrected chi connectivity index (χ3v) is 9.64. The molecule has 5 N–H and O–H groups in total. The highest BCUT2D eigenvalue weighted by molar-refractivity contribution is 6.14. The molecule has 6 rings (SSSR count). The van der Waals surface area contributed by atoms with Crippen molar-refractivity contribution in [2.24, 2.45) is 5.41 Å². The van der Waals surface area contributed by atoms with Crippen LogP contribution in [0.3, 0.4) is 0 Å². The number of rotatable bonds is 8. The molecule has 2 fully saturated rings. The summed E-state index contributed by atoms with van der Waals surface area (Å²) in [6.07, 6.45) is 5.02. The minimum Gasteiger partial charge on any atom is -0.481 e. The van der Waals surface area contributed by atoms with Crippen LogP contribution in [0.25, 0.3) is 5.57 Å². The first-order valence-electron chi connectivity index (χ1n) is 16.2. The zero-order chi connectivity index (χ0) is 34.7. The van der Waals surface area contributed by atoms with Gasteiger partial charge in [0.2, 0.25) is 23.6 Å². The number of hydrogen-bond acceptors (Lipinski definition) is 10. The number of nitrogens with two attached hydrogens (primary N) is 1. The number of hydrogen-bond donors (Lipinski definition) is 4. The molecule has 13 heteroatoms. The average Bonchev–Trinajstić information content (AvgIpc) is 3.69. The van der Waals surface area contributed by atoms with Crippen LogP contribution < -0.4 is 20.7 Å². The van der Waals surface area contributed by atoms with Crippen LogP contribution in [-0.4, -0.2) is 97.7 Å². The first-order chi connectivity index (χ1) is 23.6. The number of ether oxygens (including phenoxy) is 2. The largest absolute Gasteiger partial charge is 0.481 e. The van der Waals surface area contributed by atoms with Gasteiger partial charge < -0.3 is 30.3 Å². The molecule has 254 valence electrons. The van der Waals surface area contributed by atoms with Crippen molar-refractivity contribution >= 4 is 46.5 Å². The molecule has 3 amide bonds. The summed E-state index contributed by atoms with van der Waals surface area (Å²) in [6.45, 7) is 3.12. The van der Waals surface area contributed by atoms with Gasteiger partial charge in [-0.05, 0) is 73.3 Å². The fourth-order valence-corrected chi connectivity index (χ4v) is 6.76. The van der Waals surface area contributed by atoms with Gasteiger partial charge in [0, 0.05) is 73.6 Å². The SMILES string of the molecule is CNC(=O)OC(=N)c1ccc(C2=CCN(C(=O)CN3CC[C@]4(CCN(c5ccc(N)c(C(=N)c6ccc(OC)nc6)c5)C4=O)C3)CC2)cc1. The molecule has 0 bridgehead atoms. The van der Waals surface area contributed by atoms with Gasteiger partial charge in [-0.15, -0.1) is 0 Å². The number of amides is 3. The van der Waals surface area contributed by atoms with Crippen molar-refractivity contribution < 1.29 is 23.9 Å². The standard InChI is InChI=1S/C36H40N8O5/c1-40-35(47)49-33(39)25-5-3-23(4-6-25)24-11-15-43(16-12-24)31(45)21-42-17-13-36(22-42)14-18-44(34(36)46)27-8-9-29(37)28(19-27)32(38)26-7-10-30(48-2)41-20-26/h3-11,19-20,38-39H,12-18,21-22,37H2,1-2H3,(H,40,47)/t36-/m0/s1. The number of alkyl carbamates (subject to hydrolysis) is 1. The number of nitrogens with zero attached hydrogens (tertiary/aromatic N) is 4. The fourth-order valence-electron chi connectivity index (χ4n) is 6.76. The predicted molar refractivity (Wildman–Crippen MR) is 186 cm³/mol. The summed E-state index contributed by atoms with van der Waals surface area (Å²) in [4.78, 5) is 48.6. The summed E-state index contributed by atoms with van der Waals surface area (Å²) in [5.74, 6) is 0.313. The third-order valence-electron chi connectivity index (χ3n) is 9.64. The number of nitrogens with one attached hydrogen (secondary N) is 3. The molecule has 2 saturated heterocycles. The summed E-state index contributed by atoms with van der Waals surface area (Å²) in [6, 6.07) is 16.1. The lowest BCUT2D eigenvalue weighted by Gasteiger charge is -2.29. The number of benzene rings is 2. The van der Waals surface area contributed by atoms with Crippen molar-refractivity contribution in [2.45, 2.75) is 19.3 Å². The third kappa shape index (κ3) is 6.88. The van der Waals surface area contributed by atoms with Crippen LogP contribution in [0.4, 0.5) is 16.2 Å². The van der Waals surface area contributed by atoms with Crippen LogP contribution in [0.15, 0.2) is 66.9 Å². The summed E-state index contributed by atoms with van der Waals surface area (Å²) in [7, 11) is 2.97. The molecule has 3 aromatic rings. The highest BCUT2D eigenvalue weighted by Gasteiger charge is 2.51. The Balaban J connectivity index is 1.04. The molecule has 3 aliphatic heterocycles. The smallest absolute Gasteiger partial charge is 0.413 e. The topological polar surface area (TPSA) is 178 Å². The van der Waals surface area contributed by atoms with E-state index < -0.39 is 11.5 Å². The molecule has 2 aromatic carbocycles. The minimum atomic E-state index is -0.690. The Morgan fingerprint density at radius 1 is 1.02 bits per heavy atom. The zero-order valence-corrected chi connectivity index (χ0v) is 27.6. The van der Waals surface area contributed by atoms with Gasteiger partial charge in [0.1, 0.15) is 0 Å². The Labute approximate surface area is 284 Å². The Bertz CT molecular complexity index is 1820. The van der Waals surface area contributed by atoms with Crippen LogP contribution in [0.2, 0.25) is 0 Å². The molecule has 49 heavy (non-hydrogen) atoms. The molecule has 0 unspecified atom stereocenters.